The highest BCUT2D eigenvalue weighted by Gasteiger charge is 2.18. The second-order valence-corrected chi connectivity index (χ2v) is 5.83. The molecule has 0 aliphatic heterocycles. The summed E-state index contributed by atoms with van der Waals surface area (Å²) in [6, 6.07) is 7.44. The van der Waals surface area contributed by atoms with Crippen molar-refractivity contribution in [2.75, 3.05) is 7.05 Å². The van der Waals surface area contributed by atoms with Gasteiger partial charge in [-0.25, -0.2) is 9.31 Å². The lowest BCUT2D eigenvalue weighted by atomic mass is 10.2. The molecule has 0 unspecified atom stereocenters. The monoisotopic (exact) mass is 346 g/mol. The van der Waals surface area contributed by atoms with Crippen molar-refractivity contribution < 1.29 is 9.42 Å². The highest BCUT2D eigenvalue weighted by Crippen LogP contribution is 2.12. The minimum absolute atomic E-state index is 0.255. The average Bonchev–Trinajstić information content (AvgIpc) is 3.16. The largest absolute Gasteiger partial charge is 0.334 e. The van der Waals surface area contributed by atoms with Crippen LogP contribution in [-0.2, 0) is 13.1 Å². The van der Waals surface area contributed by atoms with Crippen molar-refractivity contribution in [1.29, 1.82) is 0 Å². The van der Waals surface area contributed by atoms with E-state index in [1.807, 2.05) is 18.2 Å². The maximum absolute atomic E-state index is 12.4. The quantitative estimate of drug-likeness (QED) is 0.701. The Kier molecular flexibility index (Phi) is 4.57. The van der Waals surface area contributed by atoms with Gasteiger partial charge in [0.05, 0.1) is 19.3 Å². The van der Waals surface area contributed by atoms with Gasteiger partial charge in [0, 0.05) is 12.1 Å². The van der Waals surface area contributed by atoms with Crippen LogP contribution in [0.4, 0.5) is 0 Å². The summed E-state index contributed by atoms with van der Waals surface area (Å²) in [4.78, 5) is 13.9. The van der Waals surface area contributed by atoms with E-state index in [1.165, 1.54) is 4.90 Å². The van der Waals surface area contributed by atoms with Crippen LogP contribution >= 0.6 is 11.6 Å². The Morgan fingerprint density at radius 2 is 2.21 bits per heavy atom. The van der Waals surface area contributed by atoms with Crippen molar-refractivity contribution >= 4 is 17.5 Å². The summed E-state index contributed by atoms with van der Waals surface area (Å²) >= 11 is 5.96. The Hall–Kier alpha value is -2.74. The zero-order valence-corrected chi connectivity index (χ0v) is 13.9. The fourth-order valence-electron chi connectivity index (χ4n) is 2.18. The van der Waals surface area contributed by atoms with Crippen LogP contribution < -0.4 is 0 Å². The van der Waals surface area contributed by atoms with Crippen molar-refractivity contribution in [2.24, 2.45) is 0 Å². The molecule has 0 saturated carbocycles. The predicted molar refractivity (Wildman–Crippen MR) is 85.4 cm³/mol. The molecule has 0 fully saturated rings. The van der Waals surface area contributed by atoms with Crippen molar-refractivity contribution in [1.82, 2.24) is 30.2 Å². The zero-order chi connectivity index (χ0) is 17.1. The van der Waals surface area contributed by atoms with Crippen LogP contribution in [0.25, 0.3) is 0 Å². The molecule has 2 heterocycles. The molecule has 0 saturated heterocycles. The van der Waals surface area contributed by atoms with Crippen molar-refractivity contribution in [3.63, 3.8) is 0 Å². The highest BCUT2D eigenvalue weighted by molar-refractivity contribution is 6.30. The summed E-state index contributed by atoms with van der Waals surface area (Å²) < 4.78 is 6.22. The highest BCUT2D eigenvalue weighted by atomic mass is 35.5. The SMILES string of the molecule is Cc1nonc1CN(C)C(=O)c1cn(Cc2cccc(Cl)c2)nn1. The van der Waals surface area contributed by atoms with Gasteiger partial charge in [0.1, 0.15) is 11.4 Å². The van der Waals surface area contributed by atoms with E-state index in [-0.39, 0.29) is 18.1 Å². The fraction of sp³-hybridized carbons (Fsp3) is 0.267. The van der Waals surface area contributed by atoms with Crippen LogP contribution in [0.15, 0.2) is 35.1 Å². The maximum atomic E-state index is 12.4. The van der Waals surface area contributed by atoms with Crippen LogP contribution in [0.1, 0.15) is 27.4 Å². The molecular weight excluding hydrogens is 332 g/mol. The molecule has 8 nitrogen and oxygen atoms in total. The first-order chi connectivity index (χ1) is 11.5. The number of carbonyl (C=O) groups excluding carboxylic acids is 1. The first kappa shape index (κ1) is 16.1. The molecule has 0 aliphatic carbocycles. The molecule has 0 spiro atoms. The van der Waals surface area contributed by atoms with Gasteiger partial charge in [0.2, 0.25) is 0 Å². The first-order valence-electron chi connectivity index (χ1n) is 7.21. The molecule has 3 aromatic rings. The van der Waals surface area contributed by atoms with Crippen molar-refractivity contribution in [2.45, 2.75) is 20.0 Å². The van der Waals surface area contributed by atoms with E-state index in [1.54, 1.807) is 30.9 Å². The molecule has 124 valence electrons. The third-order valence-electron chi connectivity index (χ3n) is 3.47. The van der Waals surface area contributed by atoms with Crippen LogP contribution in [0.2, 0.25) is 5.02 Å². The number of benzene rings is 1. The Morgan fingerprint density at radius 3 is 2.92 bits per heavy atom. The second kappa shape index (κ2) is 6.79. The standard InChI is InChI=1S/C15H15ClN6O2/c1-10-13(19-24-18-10)8-21(2)15(23)14-9-22(20-17-14)7-11-4-3-5-12(16)6-11/h3-6,9H,7-8H2,1-2H3. The van der Waals surface area contributed by atoms with Gasteiger partial charge in [0.25, 0.3) is 5.91 Å². The fourth-order valence-corrected chi connectivity index (χ4v) is 2.39. The number of aryl methyl sites for hydroxylation is 1. The van der Waals surface area contributed by atoms with Gasteiger partial charge >= 0.3 is 0 Å². The van der Waals surface area contributed by atoms with Crippen LogP contribution in [0.3, 0.4) is 0 Å². The van der Waals surface area contributed by atoms with Crippen molar-refractivity contribution in [3.8, 4) is 0 Å². The molecule has 0 N–H and O–H groups in total. The van der Waals surface area contributed by atoms with Gasteiger partial charge in [0.15, 0.2) is 5.69 Å². The van der Waals surface area contributed by atoms with E-state index in [0.717, 1.165) is 5.56 Å². The maximum Gasteiger partial charge on any atom is 0.276 e. The van der Waals surface area contributed by atoms with E-state index >= 15 is 0 Å². The molecule has 0 radical (unpaired) electrons. The van der Waals surface area contributed by atoms with Gasteiger partial charge in [-0.2, -0.15) is 0 Å². The van der Waals surface area contributed by atoms with E-state index in [9.17, 15) is 4.79 Å². The lowest BCUT2D eigenvalue weighted by Crippen LogP contribution is -2.27. The molecule has 24 heavy (non-hydrogen) atoms. The van der Waals surface area contributed by atoms with Crippen LogP contribution in [0.5, 0.6) is 0 Å². The summed E-state index contributed by atoms with van der Waals surface area (Å²) in [7, 11) is 1.66. The number of rotatable bonds is 5. The van der Waals surface area contributed by atoms with Gasteiger partial charge < -0.3 is 4.90 Å². The third kappa shape index (κ3) is 3.60. The van der Waals surface area contributed by atoms with Crippen LogP contribution in [0, 0.1) is 6.92 Å². The predicted octanol–water partition coefficient (Wildman–Crippen LogP) is 1.94. The molecule has 0 aliphatic rings. The van der Waals surface area contributed by atoms with Crippen LogP contribution in [-0.4, -0.2) is 43.2 Å². The molecule has 2 aromatic heterocycles. The Bertz CT molecular complexity index is 859. The molecule has 9 heteroatoms. The third-order valence-corrected chi connectivity index (χ3v) is 3.71. The van der Waals surface area contributed by atoms with E-state index in [0.29, 0.717) is 23.0 Å². The average molecular weight is 347 g/mol. The number of aromatic nitrogens is 5. The van der Waals surface area contributed by atoms with E-state index < -0.39 is 0 Å². The number of carbonyl (C=O) groups is 1. The number of nitrogens with zero attached hydrogens (tertiary/aromatic N) is 6. The minimum atomic E-state index is -0.255. The number of amides is 1. The summed E-state index contributed by atoms with van der Waals surface area (Å²) in [6.07, 6.45) is 1.60. The lowest BCUT2D eigenvalue weighted by Gasteiger charge is -2.13. The van der Waals surface area contributed by atoms with Gasteiger partial charge in [-0.15, -0.1) is 5.10 Å². The molecule has 1 amide bonds. The molecule has 1 aromatic carbocycles. The summed E-state index contributed by atoms with van der Waals surface area (Å²) in [5.41, 5.74) is 2.49. The lowest BCUT2D eigenvalue weighted by molar-refractivity contribution is 0.0776. The minimum Gasteiger partial charge on any atom is -0.334 e. The molecule has 0 bridgehead atoms. The summed E-state index contributed by atoms with van der Waals surface area (Å²) in [5, 5.41) is 16.0. The topological polar surface area (TPSA) is 89.9 Å². The van der Waals surface area contributed by atoms with Gasteiger partial charge in [-0.05, 0) is 24.6 Å². The zero-order valence-electron chi connectivity index (χ0n) is 13.2. The Labute approximate surface area is 143 Å². The molecule has 3 rings (SSSR count). The number of hydrogen-bond acceptors (Lipinski definition) is 6. The molecule has 0 atom stereocenters. The van der Waals surface area contributed by atoms with E-state index in [2.05, 4.69) is 25.3 Å². The van der Waals surface area contributed by atoms with Gasteiger partial charge in [-0.3, -0.25) is 4.79 Å². The normalized spacial score (nSPS) is 10.8. The summed E-state index contributed by atoms with van der Waals surface area (Å²) in [5.74, 6) is -0.255. The van der Waals surface area contributed by atoms with E-state index in [4.69, 9.17) is 11.6 Å². The van der Waals surface area contributed by atoms with Crippen molar-refractivity contribution in [3.05, 3.63) is 58.1 Å². The summed E-state index contributed by atoms with van der Waals surface area (Å²) in [6.45, 7) is 2.54. The van der Waals surface area contributed by atoms with Gasteiger partial charge in [-0.1, -0.05) is 39.3 Å². The smallest absolute Gasteiger partial charge is 0.276 e. The number of hydrogen-bond donors (Lipinski definition) is 0. The molecular formula is C15H15ClN6O2. The first-order valence-corrected chi connectivity index (χ1v) is 7.59. The second-order valence-electron chi connectivity index (χ2n) is 5.39. The number of halogens is 1. The Balaban J connectivity index is 1.68. The Morgan fingerprint density at radius 1 is 1.38 bits per heavy atom.